The molecule has 2 aliphatic rings. The van der Waals surface area contributed by atoms with Crippen LogP contribution in [0.2, 0.25) is 0 Å². The highest BCUT2D eigenvalue weighted by molar-refractivity contribution is 5.85. The maximum Gasteiger partial charge on any atom is 0.260 e. The van der Waals surface area contributed by atoms with Gasteiger partial charge in [0.25, 0.3) is 5.91 Å². The monoisotopic (exact) mass is 324 g/mol. The van der Waals surface area contributed by atoms with Gasteiger partial charge in [-0.1, -0.05) is 17.7 Å². The van der Waals surface area contributed by atoms with Crippen molar-refractivity contribution in [2.45, 2.75) is 32.7 Å². The Morgan fingerprint density at radius 1 is 1.32 bits per heavy atom. The van der Waals surface area contributed by atoms with Crippen LogP contribution in [-0.2, 0) is 4.79 Å². The van der Waals surface area contributed by atoms with Gasteiger partial charge in [0.05, 0.1) is 0 Å². The van der Waals surface area contributed by atoms with Crippen LogP contribution in [0.25, 0.3) is 0 Å². The van der Waals surface area contributed by atoms with Gasteiger partial charge in [0.1, 0.15) is 5.75 Å². The molecule has 5 heteroatoms. The summed E-state index contributed by atoms with van der Waals surface area (Å²) in [5.74, 6) is 1.97. The molecule has 1 amide bonds. The van der Waals surface area contributed by atoms with Gasteiger partial charge in [-0.3, -0.25) is 4.79 Å². The number of halogens is 1. The Bertz CT molecular complexity index is 549. The fourth-order valence-corrected chi connectivity index (χ4v) is 3.70. The lowest BCUT2D eigenvalue weighted by atomic mass is 9.98. The largest absolute Gasteiger partial charge is 0.484 e. The van der Waals surface area contributed by atoms with Gasteiger partial charge in [-0.25, -0.2) is 0 Å². The number of nitrogens with zero attached hydrogens (tertiary/aromatic N) is 1. The molecule has 0 spiro atoms. The molecule has 22 heavy (non-hydrogen) atoms. The molecule has 3 rings (SSSR count). The van der Waals surface area contributed by atoms with Crippen LogP contribution in [0.5, 0.6) is 5.75 Å². The first-order valence-electron chi connectivity index (χ1n) is 7.78. The normalized spacial score (nSPS) is 26.5. The third-order valence-electron chi connectivity index (χ3n) is 4.95. The summed E-state index contributed by atoms with van der Waals surface area (Å²) in [5, 5.41) is 0. The number of carbonyl (C=O) groups excluding carboxylic acids is 1. The average Bonchev–Trinajstić information content (AvgIpc) is 3.00. The third kappa shape index (κ3) is 3.39. The van der Waals surface area contributed by atoms with Crippen molar-refractivity contribution in [1.29, 1.82) is 0 Å². The van der Waals surface area contributed by atoms with E-state index >= 15 is 0 Å². The van der Waals surface area contributed by atoms with E-state index in [1.807, 2.05) is 30.9 Å². The first kappa shape index (κ1) is 17.1. The summed E-state index contributed by atoms with van der Waals surface area (Å²) >= 11 is 0. The quantitative estimate of drug-likeness (QED) is 0.928. The summed E-state index contributed by atoms with van der Waals surface area (Å²) in [7, 11) is 0. The van der Waals surface area contributed by atoms with E-state index in [9.17, 15) is 4.79 Å². The van der Waals surface area contributed by atoms with Crippen LogP contribution in [0.1, 0.15) is 24.0 Å². The predicted molar refractivity (Wildman–Crippen MR) is 89.4 cm³/mol. The highest BCUT2D eigenvalue weighted by Crippen LogP contribution is 2.37. The molecule has 122 valence electrons. The highest BCUT2D eigenvalue weighted by atomic mass is 35.5. The van der Waals surface area contributed by atoms with Crippen LogP contribution in [0, 0.1) is 25.7 Å². The van der Waals surface area contributed by atoms with Gasteiger partial charge < -0.3 is 15.4 Å². The minimum atomic E-state index is 0. The van der Waals surface area contributed by atoms with Crippen molar-refractivity contribution in [2.75, 3.05) is 19.7 Å². The topological polar surface area (TPSA) is 55.6 Å². The summed E-state index contributed by atoms with van der Waals surface area (Å²) in [6.07, 6.45) is 2.27. The number of fused-ring (bicyclic) bond motifs is 1. The Kier molecular flexibility index (Phi) is 5.35. The number of aryl methyl sites for hydroxylation is 2. The maximum absolute atomic E-state index is 12.3. The Hall–Kier alpha value is -1.26. The van der Waals surface area contributed by atoms with Crippen molar-refractivity contribution in [3.05, 3.63) is 29.3 Å². The zero-order valence-corrected chi connectivity index (χ0v) is 14.1. The first-order valence-corrected chi connectivity index (χ1v) is 7.78. The second-order valence-electron chi connectivity index (χ2n) is 6.52. The number of hydrogen-bond donors (Lipinski definition) is 1. The summed E-state index contributed by atoms with van der Waals surface area (Å²) < 4.78 is 5.69. The van der Waals surface area contributed by atoms with Crippen LogP contribution >= 0.6 is 12.4 Å². The SMILES string of the molecule is Cc1ccc(OCC(=O)N2CC3CCC(N)C3C2)c(C)c1.Cl. The van der Waals surface area contributed by atoms with Crippen molar-refractivity contribution in [3.8, 4) is 5.75 Å². The van der Waals surface area contributed by atoms with Crippen molar-refractivity contribution < 1.29 is 9.53 Å². The van der Waals surface area contributed by atoms with Gasteiger partial charge in [-0.2, -0.15) is 0 Å². The van der Waals surface area contributed by atoms with Gasteiger partial charge in [0.2, 0.25) is 0 Å². The Morgan fingerprint density at radius 2 is 2.09 bits per heavy atom. The molecule has 1 aliphatic heterocycles. The number of hydrogen-bond acceptors (Lipinski definition) is 3. The molecule has 3 unspecified atom stereocenters. The van der Waals surface area contributed by atoms with Crippen LogP contribution in [0.15, 0.2) is 18.2 Å². The maximum atomic E-state index is 12.3. The Balaban J connectivity index is 0.00000176. The number of benzene rings is 1. The molecule has 1 saturated carbocycles. The minimum absolute atomic E-state index is 0. The minimum Gasteiger partial charge on any atom is -0.484 e. The lowest BCUT2D eigenvalue weighted by Crippen LogP contribution is -2.36. The molecule has 1 heterocycles. The molecule has 0 bridgehead atoms. The average molecular weight is 325 g/mol. The van der Waals surface area contributed by atoms with Gasteiger partial charge in [-0.15, -0.1) is 12.4 Å². The number of carbonyl (C=O) groups is 1. The van der Waals surface area contributed by atoms with Crippen LogP contribution < -0.4 is 10.5 Å². The fourth-order valence-electron chi connectivity index (χ4n) is 3.70. The lowest BCUT2D eigenvalue weighted by Gasteiger charge is -2.19. The Labute approximate surface area is 138 Å². The van der Waals surface area contributed by atoms with Crippen LogP contribution in [0.4, 0.5) is 0 Å². The lowest BCUT2D eigenvalue weighted by molar-refractivity contribution is -0.132. The van der Waals surface area contributed by atoms with E-state index in [1.165, 1.54) is 5.56 Å². The third-order valence-corrected chi connectivity index (χ3v) is 4.95. The molecule has 1 aromatic carbocycles. The summed E-state index contributed by atoms with van der Waals surface area (Å²) in [6.45, 7) is 5.84. The predicted octanol–water partition coefficient (Wildman–Crippen LogP) is 2.30. The van der Waals surface area contributed by atoms with E-state index in [0.29, 0.717) is 11.8 Å². The second kappa shape index (κ2) is 6.88. The smallest absolute Gasteiger partial charge is 0.260 e. The molecule has 0 aromatic heterocycles. The molecule has 3 atom stereocenters. The fraction of sp³-hybridized carbons (Fsp3) is 0.588. The molecule has 2 N–H and O–H groups in total. The van der Waals surface area contributed by atoms with Crippen molar-refractivity contribution in [3.63, 3.8) is 0 Å². The van der Waals surface area contributed by atoms with Crippen molar-refractivity contribution >= 4 is 18.3 Å². The van der Waals surface area contributed by atoms with Gasteiger partial charge in [0.15, 0.2) is 6.61 Å². The van der Waals surface area contributed by atoms with Crippen LogP contribution in [0.3, 0.4) is 0 Å². The van der Waals surface area contributed by atoms with Crippen molar-refractivity contribution in [2.24, 2.45) is 17.6 Å². The number of rotatable bonds is 3. The van der Waals surface area contributed by atoms with E-state index in [4.69, 9.17) is 10.5 Å². The van der Waals surface area contributed by atoms with E-state index < -0.39 is 0 Å². The number of likely N-dealkylation sites (tertiary alicyclic amines) is 1. The molecule has 1 aliphatic carbocycles. The number of amides is 1. The zero-order valence-electron chi connectivity index (χ0n) is 13.2. The molecular formula is C17H25ClN2O2. The Morgan fingerprint density at radius 3 is 2.77 bits per heavy atom. The molecule has 2 fully saturated rings. The molecule has 1 saturated heterocycles. The first-order chi connectivity index (χ1) is 10.0. The summed E-state index contributed by atoms with van der Waals surface area (Å²) in [5.41, 5.74) is 8.39. The van der Waals surface area contributed by atoms with Gasteiger partial charge in [-0.05, 0) is 50.2 Å². The number of ether oxygens (including phenoxy) is 1. The second-order valence-corrected chi connectivity index (χ2v) is 6.52. The molecular weight excluding hydrogens is 300 g/mol. The molecule has 0 radical (unpaired) electrons. The zero-order chi connectivity index (χ0) is 15.0. The highest BCUT2D eigenvalue weighted by Gasteiger charge is 2.42. The summed E-state index contributed by atoms with van der Waals surface area (Å²) in [6, 6.07) is 6.28. The van der Waals surface area contributed by atoms with Gasteiger partial charge >= 0.3 is 0 Å². The van der Waals surface area contributed by atoms with Gasteiger partial charge in [0, 0.05) is 19.1 Å². The van der Waals surface area contributed by atoms with E-state index in [2.05, 4.69) is 6.07 Å². The van der Waals surface area contributed by atoms with E-state index in [-0.39, 0.29) is 31.0 Å². The number of nitrogens with two attached hydrogens (primary N) is 1. The van der Waals surface area contributed by atoms with E-state index in [1.54, 1.807) is 0 Å². The standard InChI is InChI=1S/C17H24N2O2.ClH/c1-11-3-6-16(12(2)7-11)21-10-17(20)19-8-13-4-5-15(18)14(13)9-19;/h3,6-7,13-15H,4-5,8-10,18H2,1-2H3;1H. The molecule has 1 aromatic rings. The molecule has 4 nitrogen and oxygen atoms in total. The van der Waals surface area contributed by atoms with Crippen molar-refractivity contribution in [1.82, 2.24) is 4.90 Å². The van der Waals surface area contributed by atoms with E-state index in [0.717, 1.165) is 37.2 Å². The van der Waals surface area contributed by atoms with Crippen LogP contribution in [-0.4, -0.2) is 36.5 Å². The summed E-state index contributed by atoms with van der Waals surface area (Å²) in [4.78, 5) is 14.2.